The van der Waals surface area contributed by atoms with Crippen LogP contribution in [0.2, 0.25) is 0 Å². The third-order valence-corrected chi connectivity index (χ3v) is 3.82. The van der Waals surface area contributed by atoms with Crippen LogP contribution in [0, 0.1) is 11.6 Å². The third kappa shape index (κ3) is 2.71. The number of likely N-dealkylation sites (tertiary alicyclic amines) is 1. The van der Waals surface area contributed by atoms with Crippen molar-refractivity contribution >= 4 is 5.97 Å². The van der Waals surface area contributed by atoms with E-state index in [1.165, 1.54) is 24.4 Å². The summed E-state index contributed by atoms with van der Waals surface area (Å²) in [6.07, 6.45) is 2.90. The van der Waals surface area contributed by atoms with Crippen molar-refractivity contribution < 1.29 is 18.7 Å². The van der Waals surface area contributed by atoms with Gasteiger partial charge in [-0.25, -0.2) is 13.5 Å². The Morgan fingerprint density at radius 2 is 2.05 bits per heavy atom. The monoisotopic (exact) mass is 307 g/mol. The highest BCUT2D eigenvalue weighted by atomic mass is 19.1. The molecule has 116 valence electrons. The normalized spacial score (nSPS) is 18.7. The lowest BCUT2D eigenvalue weighted by atomic mass is 10.2. The van der Waals surface area contributed by atoms with Crippen LogP contribution in [0.4, 0.5) is 8.78 Å². The number of halogens is 2. The van der Waals surface area contributed by atoms with Crippen LogP contribution < -0.4 is 0 Å². The second-order valence-corrected chi connectivity index (χ2v) is 5.29. The van der Waals surface area contributed by atoms with Crippen molar-refractivity contribution in [2.45, 2.75) is 25.4 Å². The van der Waals surface area contributed by atoms with Gasteiger partial charge in [-0.05, 0) is 37.6 Å². The number of para-hydroxylation sites is 1. The predicted octanol–water partition coefficient (Wildman–Crippen LogP) is 2.20. The van der Waals surface area contributed by atoms with Crippen molar-refractivity contribution in [3.63, 3.8) is 0 Å². The van der Waals surface area contributed by atoms with Crippen LogP contribution in [0.15, 0.2) is 30.5 Å². The summed E-state index contributed by atoms with van der Waals surface area (Å²) in [5.41, 5.74) is 0.348. The summed E-state index contributed by atoms with van der Waals surface area (Å²) in [7, 11) is 0. The zero-order valence-electron chi connectivity index (χ0n) is 11.7. The van der Waals surface area contributed by atoms with Gasteiger partial charge in [0.05, 0.1) is 5.69 Å². The summed E-state index contributed by atoms with van der Waals surface area (Å²) in [5, 5.41) is 13.3. The van der Waals surface area contributed by atoms with Gasteiger partial charge >= 0.3 is 5.97 Å². The molecule has 0 radical (unpaired) electrons. The SMILES string of the molecule is O=C(O)[C@@H]1CCCN1Cc1ccn(-c2c(F)cccc2F)n1. The molecule has 0 aliphatic carbocycles. The van der Waals surface area contributed by atoms with Gasteiger partial charge in [0.15, 0.2) is 11.6 Å². The molecule has 1 atom stereocenters. The van der Waals surface area contributed by atoms with Gasteiger partial charge < -0.3 is 5.11 Å². The van der Waals surface area contributed by atoms with Gasteiger partial charge in [0.1, 0.15) is 11.7 Å². The van der Waals surface area contributed by atoms with Crippen molar-refractivity contribution in [1.29, 1.82) is 0 Å². The largest absolute Gasteiger partial charge is 0.480 e. The Morgan fingerprint density at radius 1 is 1.32 bits per heavy atom. The van der Waals surface area contributed by atoms with E-state index in [1.54, 1.807) is 6.07 Å². The first-order valence-corrected chi connectivity index (χ1v) is 7.02. The molecule has 0 saturated carbocycles. The van der Waals surface area contributed by atoms with E-state index >= 15 is 0 Å². The Morgan fingerprint density at radius 3 is 2.73 bits per heavy atom. The van der Waals surface area contributed by atoms with E-state index in [-0.39, 0.29) is 5.69 Å². The van der Waals surface area contributed by atoms with Crippen LogP contribution in [0.5, 0.6) is 0 Å². The van der Waals surface area contributed by atoms with E-state index in [0.717, 1.165) is 11.1 Å². The number of rotatable bonds is 4. The smallest absolute Gasteiger partial charge is 0.320 e. The number of carboxylic acids is 1. The average molecular weight is 307 g/mol. The maximum absolute atomic E-state index is 13.7. The molecule has 3 rings (SSSR count). The maximum Gasteiger partial charge on any atom is 0.320 e. The molecule has 1 aromatic heterocycles. The first-order chi connectivity index (χ1) is 10.6. The van der Waals surface area contributed by atoms with Crippen molar-refractivity contribution in [3.05, 3.63) is 47.8 Å². The van der Waals surface area contributed by atoms with Gasteiger partial charge in [0, 0.05) is 12.7 Å². The van der Waals surface area contributed by atoms with Gasteiger partial charge in [0.2, 0.25) is 0 Å². The molecule has 2 heterocycles. The summed E-state index contributed by atoms with van der Waals surface area (Å²) >= 11 is 0. The molecule has 0 unspecified atom stereocenters. The van der Waals surface area contributed by atoms with E-state index < -0.39 is 23.6 Å². The molecule has 5 nitrogen and oxygen atoms in total. The van der Waals surface area contributed by atoms with E-state index in [2.05, 4.69) is 5.10 Å². The average Bonchev–Trinajstić information content (AvgIpc) is 3.09. The first-order valence-electron chi connectivity index (χ1n) is 7.02. The number of nitrogens with zero attached hydrogens (tertiary/aromatic N) is 3. The van der Waals surface area contributed by atoms with Crippen LogP contribution in [-0.2, 0) is 11.3 Å². The predicted molar refractivity (Wildman–Crippen MR) is 74.5 cm³/mol. The number of carbonyl (C=O) groups is 1. The van der Waals surface area contributed by atoms with Crippen molar-refractivity contribution in [2.24, 2.45) is 0 Å². The Kier molecular flexibility index (Phi) is 3.89. The fourth-order valence-corrected chi connectivity index (χ4v) is 2.78. The van der Waals surface area contributed by atoms with Crippen molar-refractivity contribution in [3.8, 4) is 5.69 Å². The maximum atomic E-state index is 13.7. The standard InChI is InChI=1S/C15H15F2N3O2/c16-11-3-1-4-12(17)14(11)20-8-6-10(18-20)9-19-7-2-5-13(19)15(21)22/h1,3-4,6,8,13H,2,5,7,9H2,(H,21,22)/t13-/m0/s1. The minimum atomic E-state index is -0.850. The van der Waals surface area contributed by atoms with Crippen LogP contribution in [0.1, 0.15) is 18.5 Å². The number of aliphatic carboxylic acids is 1. The fraction of sp³-hybridized carbons (Fsp3) is 0.333. The molecule has 0 spiro atoms. The molecule has 1 aliphatic rings. The van der Waals surface area contributed by atoms with Crippen LogP contribution in [-0.4, -0.2) is 38.3 Å². The van der Waals surface area contributed by atoms with Crippen LogP contribution in [0.3, 0.4) is 0 Å². The quantitative estimate of drug-likeness (QED) is 0.941. The summed E-state index contributed by atoms with van der Waals surface area (Å²) in [6.45, 7) is 1.03. The molecule has 2 aromatic rings. The molecule has 7 heteroatoms. The third-order valence-electron chi connectivity index (χ3n) is 3.82. The highest BCUT2D eigenvalue weighted by molar-refractivity contribution is 5.73. The second kappa shape index (κ2) is 5.84. The Bertz CT molecular complexity index is 682. The van der Waals surface area contributed by atoms with Gasteiger partial charge in [-0.1, -0.05) is 6.07 Å². The second-order valence-electron chi connectivity index (χ2n) is 5.29. The molecular formula is C15H15F2N3O2. The number of hydrogen-bond acceptors (Lipinski definition) is 3. The summed E-state index contributed by atoms with van der Waals surface area (Å²) in [4.78, 5) is 13.0. The molecule has 1 N–H and O–H groups in total. The number of aromatic nitrogens is 2. The molecular weight excluding hydrogens is 292 g/mol. The zero-order chi connectivity index (χ0) is 15.7. The molecule has 0 bridgehead atoms. The summed E-state index contributed by atoms with van der Waals surface area (Å²) < 4.78 is 28.6. The lowest BCUT2D eigenvalue weighted by Gasteiger charge is -2.19. The van der Waals surface area contributed by atoms with Crippen LogP contribution in [0.25, 0.3) is 5.69 Å². The van der Waals surface area contributed by atoms with E-state index in [9.17, 15) is 13.6 Å². The minimum absolute atomic E-state index is 0.232. The zero-order valence-corrected chi connectivity index (χ0v) is 11.7. The van der Waals surface area contributed by atoms with Crippen molar-refractivity contribution in [2.75, 3.05) is 6.54 Å². The van der Waals surface area contributed by atoms with E-state index in [0.29, 0.717) is 25.2 Å². The van der Waals surface area contributed by atoms with Crippen molar-refractivity contribution in [1.82, 2.24) is 14.7 Å². The Balaban J connectivity index is 1.81. The number of benzene rings is 1. The van der Waals surface area contributed by atoms with E-state index in [1.807, 2.05) is 4.90 Å². The van der Waals surface area contributed by atoms with Gasteiger partial charge in [-0.3, -0.25) is 9.69 Å². The fourth-order valence-electron chi connectivity index (χ4n) is 2.78. The molecule has 0 amide bonds. The summed E-state index contributed by atoms with van der Waals surface area (Å²) in [5.74, 6) is -2.24. The molecule has 1 saturated heterocycles. The van der Waals surface area contributed by atoms with Crippen LogP contribution >= 0.6 is 0 Å². The lowest BCUT2D eigenvalue weighted by molar-refractivity contribution is -0.142. The van der Waals surface area contributed by atoms with E-state index in [4.69, 9.17) is 5.11 Å². The van der Waals surface area contributed by atoms with Gasteiger partial charge in [-0.15, -0.1) is 0 Å². The molecule has 1 fully saturated rings. The minimum Gasteiger partial charge on any atom is -0.480 e. The van der Waals surface area contributed by atoms with Gasteiger partial charge in [-0.2, -0.15) is 5.10 Å². The first kappa shape index (κ1) is 14.6. The Hall–Kier alpha value is -2.28. The number of carboxylic acid groups (broad SMARTS) is 1. The lowest BCUT2D eigenvalue weighted by Crippen LogP contribution is -2.35. The molecule has 1 aromatic carbocycles. The summed E-state index contributed by atoms with van der Waals surface area (Å²) in [6, 6.07) is 4.75. The number of hydrogen-bond donors (Lipinski definition) is 1. The topological polar surface area (TPSA) is 58.4 Å². The highest BCUT2D eigenvalue weighted by Crippen LogP contribution is 2.21. The molecule has 22 heavy (non-hydrogen) atoms. The highest BCUT2D eigenvalue weighted by Gasteiger charge is 2.30. The molecule has 1 aliphatic heterocycles. The Labute approximate surface area is 125 Å². The van der Waals surface area contributed by atoms with Gasteiger partial charge in [0.25, 0.3) is 0 Å².